The maximum absolute atomic E-state index is 11.5. The number of nitrogens with one attached hydrogen (secondary N) is 1. The highest BCUT2D eigenvalue weighted by molar-refractivity contribution is 6.31. The summed E-state index contributed by atoms with van der Waals surface area (Å²) >= 11 is 11.2. The first kappa shape index (κ1) is 18.2. The van der Waals surface area contributed by atoms with Crippen molar-refractivity contribution in [3.63, 3.8) is 0 Å². The van der Waals surface area contributed by atoms with Gasteiger partial charge in [-0.15, -0.1) is 0 Å². The van der Waals surface area contributed by atoms with E-state index in [1.54, 1.807) is 12.1 Å². The second-order valence-electron chi connectivity index (χ2n) is 5.18. The van der Waals surface area contributed by atoms with Crippen LogP contribution in [0.3, 0.4) is 0 Å². The van der Waals surface area contributed by atoms with Crippen LogP contribution in [0.4, 0.5) is 0 Å². The smallest absolute Gasteiger partial charge is 0.354 e. The lowest BCUT2D eigenvalue weighted by atomic mass is 10.3. The van der Waals surface area contributed by atoms with Crippen molar-refractivity contribution in [3.05, 3.63) is 58.1 Å². The van der Waals surface area contributed by atoms with Gasteiger partial charge in [-0.2, -0.15) is 0 Å². The van der Waals surface area contributed by atoms with E-state index in [9.17, 15) is 9.59 Å². The van der Waals surface area contributed by atoms with Gasteiger partial charge in [-0.1, -0.05) is 23.2 Å². The van der Waals surface area contributed by atoms with Gasteiger partial charge >= 0.3 is 5.97 Å². The van der Waals surface area contributed by atoms with E-state index in [0.717, 1.165) is 6.54 Å². The van der Waals surface area contributed by atoms with Gasteiger partial charge in [0, 0.05) is 29.0 Å². The quantitative estimate of drug-likeness (QED) is 0.864. The van der Waals surface area contributed by atoms with Gasteiger partial charge in [-0.05, 0) is 43.0 Å². The minimum absolute atomic E-state index is 0.0347. The molecule has 2 aromatic heterocycles. The highest BCUT2D eigenvalue weighted by Gasteiger charge is 2.22. The fraction of sp³-hybridized carbons (Fsp3) is 0.250. The molecule has 1 aliphatic carbocycles. The van der Waals surface area contributed by atoms with Crippen LogP contribution in [0.5, 0.6) is 0 Å². The SMILES string of the molecule is O=C(NCC1CC1)c1cc(Cl)ccn1.O=C(O)c1cc(Cl)ccn1. The Morgan fingerprint density at radius 1 is 1.08 bits per heavy atom. The molecule has 1 saturated carbocycles. The summed E-state index contributed by atoms with van der Waals surface area (Å²) < 4.78 is 0. The third-order valence-corrected chi connectivity index (χ3v) is 3.61. The molecule has 3 rings (SSSR count). The molecular weight excluding hydrogens is 353 g/mol. The largest absolute Gasteiger partial charge is 0.477 e. The van der Waals surface area contributed by atoms with Crippen LogP contribution in [-0.2, 0) is 0 Å². The van der Waals surface area contributed by atoms with Crippen LogP contribution in [-0.4, -0.2) is 33.5 Å². The fourth-order valence-electron chi connectivity index (χ4n) is 1.70. The van der Waals surface area contributed by atoms with Crippen LogP contribution in [0.25, 0.3) is 0 Å². The number of halogens is 2. The molecule has 0 aromatic carbocycles. The minimum Gasteiger partial charge on any atom is -0.477 e. The molecule has 0 spiro atoms. The standard InChI is InChI=1S/C10H11ClN2O.C6H4ClNO2/c11-8-3-4-12-9(5-8)10(14)13-6-7-1-2-7;7-4-1-2-8-5(3-4)6(9)10/h3-5,7H,1-2,6H2,(H,13,14);1-3H,(H,9,10). The molecule has 0 bridgehead atoms. The Morgan fingerprint density at radius 3 is 2.08 bits per heavy atom. The number of carboxylic acids is 1. The van der Waals surface area contributed by atoms with Gasteiger partial charge in [-0.3, -0.25) is 9.78 Å². The number of rotatable bonds is 4. The molecule has 0 radical (unpaired) electrons. The van der Waals surface area contributed by atoms with Gasteiger partial charge in [0.15, 0.2) is 0 Å². The van der Waals surface area contributed by atoms with Crippen molar-refractivity contribution in [2.75, 3.05) is 6.54 Å². The summed E-state index contributed by atoms with van der Waals surface area (Å²) in [5, 5.41) is 12.1. The third-order valence-electron chi connectivity index (χ3n) is 3.14. The van der Waals surface area contributed by atoms with Crippen molar-refractivity contribution < 1.29 is 14.7 Å². The maximum atomic E-state index is 11.5. The van der Waals surface area contributed by atoms with E-state index in [0.29, 0.717) is 21.7 Å². The predicted molar refractivity (Wildman–Crippen MR) is 90.5 cm³/mol. The van der Waals surface area contributed by atoms with Crippen LogP contribution in [0.1, 0.15) is 33.8 Å². The number of hydrogen-bond donors (Lipinski definition) is 2. The lowest BCUT2D eigenvalue weighted by molar-refractivity contribution is 0.0690. The van der Waals surface area contributed by atoms with E-state index in [4.69, 9.17) is 28.3 Å². The maximum Gasteiger partial charge on any atom is 0.354 e. The Balaban J connectivity index is 0.000000185. The number of nitrogens with zero attached hydrogens (tertiary/aromatic N) is 2. The summed E-state index contributed by atoms with van der Waals surface area (Å²) in [5.74, 6) is -0.528. The van der Waals surface area contributed by atoms with Gasteiger partial charge in [0.2, 0.25) is 0 Å². The Labute approximate surface area is 148 Å². The fourth-order valence-corrected chi connectivity index (χ4v) is 2.02. The van der Waals surface area contributed by atoms with Crippen molar-refractivity contribution in [2.24, 2.45) is 5.92 Å². The Bertz CT molecular complexity index is 736. The molecule has 8 heteroatoms. The molecule has 0 atom stereocenters. The highest BCUT2D eigenvalue weighted by atomic mass is 35.5. The van der Waals surface area contributed by atoms with Crippen LogP contribution >= 0.6 is 23.2 Å². The lowest BCUT2D eigenvalue weighted by Crippen LogP contribution is -2.26. The lowest BCUT2D eigenvalue weighted by Gasteiger charge is -2.02. The Morgan fingerprint density at radius 2 is 1.62 bits per heavy atom. The van der Waals surface area contributed by atoms with Gasteiger partial charge in [0.25, 0.3) is 5.91 Å². The van der Waals surface area contributed by atoms with E-state index in [2.05, 4.69) is 15.3 Å². The zero-order chi connectivity index (χ0) is 17.5. The molecular formula is C16H15Cl2N3O3. The molecule has 1 aliphatic rings. The molecule has 2 heterocycles. The molecule has 2 aromatic rings. The Hall–Kier alpha value is -2.18. The average Bonchev–Trinajstić information content (AvgIpc) is 3.37. The van der Waals surface area contributed by atoms with E-state index in [-0.39, 0.29) is 11.6 Å². The van der Waals surface area contributed by atoms with E-state index in [1.165, 1.54) is 37.4 Å². The highest BCUT2D eigenvalue weighted by Crippen LogP contribution is 2.27. The van der Waals surface area contributed by atoms with Crippen LogP contribution in [0.15, 0.2) is 36.7 Å². The Kier molecular flexibility index (Phi) is 6.52. The molecule has 1 fully saturated rings. The topological polar surface area (TPSA) is 92.2 Å². The number of carbonyl (C=O) groups excluding carboxylic acids is 1. The molecule has 126 valence electrons. The summed E-state index contributed by atoms with van der Waals surface area (Å²) in [6.45, 7) is 0.757. The van der Waals surface area contributed by atoms with Crippen molar-refractivity contribution in [1.29, 1.82) is 0 Å². The monoisotopic (exact) mass is 367 g/mol. The summed E-state index contributed by atoms with van der Waals surface area (Å²) in [4.78, 5) is 29.2. The summed E-state index contributed by atoms with van der Waals surface area (Å²) in [7, 11) is 0. The molecule has 0 aliphatic heterocycles. The summed E-state index contributed by atoms with van der Waals surface area (Å²) in [6.07, 6.45) is 5.34. The zero-order valence-corrected chi connectivity index (χ0v) is 14.1. The summed E-state index contributed by atoms with van der Waals surface area (Å²) in [6, 6.07) is 6.04. The number of aromatic nitrogens is 2. The number of amides is 1. The molecule has 1 amide bonds. The number of hydrogen-bond acceptors (Lipinski definition) is 4. The molecule has 2 N–H and O–H groups in total. The predicted octanol–water partition coefficient (Wildman–Crippen LogP) is 3.31. The first-order valence-electron chi connectivity index (χ1n) is 7.20. The van der Waals surface area contributed by atoms with E-state index in [1.807, 2.05) is 0 Å². The second kappa shape index (κ2) is 8.61. The molecule has 6 nitrogen and oxygen atoms in total. The van der Waals surface area contributed by atoms with E-state index < -0.39 is 5.97 Å². The van der Waals surface area contributed by atoms with Gasteiger partial charge in [-0.25, -0.2) is 9.78 Å². The minimum atomic E-state index is -1.07. The first-order chi connectivity index (χ1) is 11.5. The molecule has 0 unspecified atom stereocenters. The van der Waals surface area contributed by atoms with Crippen LogP contribution in [0, 0.1) is 5.92 Å². The molecule has 24 heavy (non-hydrogen) atoms. The number of pyridine rings is 2. The number of aromatic carboxylic acids is 1. The number of carbonyl (C=O) groups is 2. The van der Waals surface area contributed by atoms with E-state index >= 15 is 0 Å². The molecule has 0 saturated heterocycles. The second-order valence-corrected chi connectivity index (χ2v) is 6.05. The first-order valence-corrected chi connectivity index (χ1v) is 7.96. The van der Waals surface area contributed by atoms with Gasteiger partial charge in [0.1, 0.15) is 11.4 Å². The van der Waals surface area contributed by atoms with Gasteiger partial charge in [0.05, 0.1) is 0 Å². The van der Waals surface area contributed by atoms with Crippen molar-refractivity contribution in [1.82, 2.24) is 15.3 Å². The normalized spacial score (nSPS) is 12.8. The van der Waals surface area contributed by atoms with Crippen LogP contribution < -0.4 is 5.32 Å². The zero-order valence-electron chi connectivity index (χ0n) is 12.6. The van der Waals surface area contributed by atoms with Crippen LogP contribution in [0.2, 0.25) is 10.0 Å². The van der Waals surface area contributed by atoms with Crippen molar-refractivity contribution >= 4 is 35.1 Å². The third kappa shape index (κ3) is 6.14. The van der Waals surface area contributed by atoms with Crippen molar-refractivity contribution in [2.45, 2.75) is 12.8 Å². The van der Waals surface area contributed by atoms with Gasteiger partial charge < -0.3 is 10.4 Å². The number of carboxylic acid groups (broad SMARTS) is 1. The van der Waals surface area contributed by atoms with Crippen molar-refractivity contribution in [3.8, 4) is 0 Å². The summed E-state index contributed by atoms with van der Waals surface area (Å²) in [5.41, 5.74) is 0.352. The average molecular weight is 368 g/mol.